The van der Waals surface area contributed by atoms with Gasteiger partial charge in [-0.25, -0.2) is 0 Å². The van der Waals surface area contributed by atoms with Gasteiger partial charge in [0, 0.05) is 12.8 Å². The first-order valence-corrected chi connectivity index (χ1v) is 23.1. The van der Waals surface area contributed by atoms with Crippen LogP contribution in [0.5, 0.6) is 0 Å². The van der Waals surface area contributed by atoms with E-state index in [0.717, 1.165) is 77.0 Å². The molecule has 0 aromatic rings. The van der Waals surface area contributed by atoms with E-state index >= 15 is 0 Å². The number of ether oxygens (including phenoxy) is 1. The molecular weight excluding hydrogens is 659 g/mol. The number of rotatable bonds is 42. The van der Waals surface area contributed by atoms with Crippen molar-refractivity contribution in [1.29, 1.82) is 0 Å². The molecule has 6 nitrogen and oxygen atoms in total. The van der Waals surface area contributed by atoms with Crippen LogP contribution in [0, 0.1) is 0 Å². The van der Waals surface area contributed by atoms with E-state index in [1.807, 2.05) is 6.08 Å². The van der Waals surface area contributed by atoms with Crippen molar-refractivity contribution in [2.24, 2.45) is 0 Å². The highest BCUT2D eigenvalue weighted by Crippen LogP contribution is 2.15. The summed E-state index contributed by atoms with van der Waals surface area (Å²) in [6, 6.07) is -0.651. The Balaban J connectivity index is 3.59. The van der Waals surface area contributed by atoms with Gasteiger partial charge >= 0.3 is 5.97 Å². The van der Waals surface area contributed by atoms with E-state index in [1.165, 1.54) is 135 Å². The molecule has 0 heterocycles. The highest BCUT2D eigenvalue weighted by molar-refractivity contribution is 5.76. The molecule has 0 bridgehead atoms. The lowest BCUT2D eigenvalue weighted by Crippen LogP contribution is -2.45. The smallest absolute Gasteiger partial charge is 0.305 e. The SMILES string of the molecule is CCCCCCCCCCCCCCC/C=C/C(O)C(CO)NC(=O)CCCCCC/C=C\CCCCOC(=O)CCCCCCCCCCCCC. The summed E-state index contributed by atoms with van der Waals surface area (Å²) in [6.07, 6.45) is 48.8. The second-order valence-electron chi connectivity index (χ2n) is 15.7. The molecule has 0 saturated carbocycles. The van der Waals surface area contributed by atoms with Crippen LogP contribution in [0.4, 0.5) is 0 Å². The minimum atomic E-state index is -0.864. The highest BCUT2D eigenvalue weighted by Gasteiger charge is 2.18. The molecule has 53 heavy (non-hydrogen) atoms. The molecule has 0 aromatic carbocycles. The van der Waals surface area contributed by atoms with Crippen molar-refractivity contribution in [1.82, 2.24) is 5.32 Å². The molecule has 0 saturated heterocycles. The quantitative estimate of drug-likeness (QED) is 0.0328. The van der Waals surface area contributed by atoms with Crippen molar-refractivity contribution < 1.29 is 24.5 Å². The fourth-order valence-electron chi connectivity index (χ4n) is 6.86. The molecule has 0 aromatic heterocycles. The van der Waals surface area contributed by atoms with Crippen LogP contribution in [-0.4, -0.2) is 47.4 Å². The number of aliphatic hydroxyl groups is 2. The summed E-state index contributed by atoms with van der Waals surface area (Å²) in [7, 11) is 0. The van der Waals surface area contributed by atoms with Crippen LogP contribution in [0.3, 0.4) is 0 Å². The molecule has 2 atom stereocenters. The second kappa shape index (κ2) is 43.1. The lowest BCUT2D eigenvalue weighted by molar-refractivity contribution is -0.143. The molecule has 3 N–H and O–H groups in total. The van der Waals surface area contributed by atoms with Crippen LogP contribution in [-0.2, 0) is 14.3 Å². The van der Waals surface area contributed by atoms with Gasteiger partial charge in [-0.15, -0.1) is 0 Å². The number of carbonyl (C=O) groups is 2. The summed E-state index contributed by atoms with van der Waals surface area (Å²) in [4.78, 5) is 24.3. The molecular formula is C47H89NO5. The van der Waals surface area contributed by atoms with Crippen LogP contribution in [0.2, 0.25) is 0 Å². The number of hydrogen-bond donors (Lipinski definition) is 3. The molecule has 0 aliphatic rings. The van der Waals surface area contributed by atoms with Gasteiger partial charge in [0.05, 0.1) is 25.4 Å². The van der Waals surface area contributed by atoms with Crippen molar-refractivity contribution in [2.45, 2.75) is 251 Å². The fraction of sp³-hybridized carbons (Fsp3) is 0.872. The highest BCUT2D eigenvalue weighted by atomic mass is 16.5. The summed E-state index contributed by atoms with van der Waals surface area (Å²) in [5, 5.41) is 23.0. The number of amides is 1. The lowest BCUT2D eigenvalue weighted by Gasteiger charge is -2.20. The zero-order valence-corrected chi connectivity index (χ0v) is 35.2. The van der Waals surface area contributed by atoms with Crippen LogP contribution < -0.4 is 5.32 Å². The zero-order chi connectivity index (χ0) is 38.7. The van der Waals surface area contributed by atoms with Crippen LogP contribution in [0.25, 0.3) is 0 Å². The van der Waals surface area contributed by atoms with E-state index < -0.39 is 12.1 Å². The van der Waals surface area contributed by atoms with Gasteiger partial charge in [0.1, 0.15) is 0 Å². The van der Waals surface area contributed by atoms with E-state index in [4.69, 9.17) is 4.74 Å². The Hall–Kier alpha value is -1.66. The zero-order valence-electron chi connectivity index (χ0n) is 35.2. The van der Waals surface area contributed by atoms with E-state index in [2.05, 4.69) is 31.3 Å². The number of hydrogen-bond acceptors (Lipinski definition) is 5. The molecule has 0 radical (unpaired) electrons. The van der Waals surface area contributed by atoms with Crippen LogP contribution >= 0.6 is 0 Å². The maximum atomic E-state index is 12.4. The molecule has 1 amide bonds. The Labute approximate surface area is 329 Å². The number of unbranched alkanes of at least 4 members (excludes halogenated alkanes) is 29. The summed E-state index contributed by atoms with van der Waals surface area (Å²) in [5.41, 5.74) is 0. The molecule has 0 aliphatic heterocycles. The van der Waals surface area contributed by atoms with Gasteiger partial charge in [-0.1, -0.05) is 192 Å². The number of aliphatic hydroxyl groups excluding tert-OH is 2. The van der Waals surface area contributed by atoms with Gasteiger partial charge in [0.15, 0.2) is 0 Å². The normalized spacial score (nSPS) is 12.9. The third kappa shape index (κ3) is 39.8. The van der Waals surface area contributed by atoms with Crippen molar-refractivity contribution in [3.05, 3.63) is 24.3 Å². The van der Waals surface area contributed by atoms with E-state index in [-0.39, 0.29) is 18.5 Å². The van der Waals surface area contributed by atoms with Crippen LogP contribution in [0.1, 0.15) is 239 Å². The van der Waals surface area contributed by atoms with Gasteiger partial charge in [0.2, 0.25) is 5.91 Å². The fourth-order valence-corrected chi connectivity index (χ4v) is 6.86. The Morgan fingerprint density at radius 3 is 1.34 bits per heavy atom. The van der Waals surface area contributed by atoms with E-state index in [0.29, 0.717) is 19.4 Å². The maximum Gasteiger partial charge on any atom is 0.305 e. The first kappa shape index (κ1) is 51.3. The summed E-state index contributed by atoms with van der Waals surface area (Å²) in [5.74, 6) is -0.143. The van der Waals surface area contributed by atoms with Crippen molar-refractivity contribution in [2.75, 3.05) is 13.2 Å². The lowest BCUT2D eigenvalue weighted by atomic mass is 10.0. The van der Waals surface area contributed by atoms with Crippen molar-refractivity contribution >= 4 is 11.9 Å². The first-order valence-electron chi connectivity index (χ1n) is 23.1. The minimum absolute atomic E-state index is 0.0394. The second-order valence-corrected chi connectivity index (χ2v) is 15.7. The molecule has 2 unspecified atom stereocenters. The van der Waals surface area contributed by atoms with Gasteiger partial charge in [-0.3, -0.25) is 9.59 Å². The van der Waals surface area contributed by atoms with Crippen molar-refractivity contribution in [3.8, 4) is 0 Å². The van der Waals surface area contributed by atoms with Gasteiger partial charge in [-0.2, -0.15) is 0 Å². The molecule has 312 valence electrons. The predicted molar refractivity (Wildman–Crippen MR) is 227 cm³/mol. The third-order valence-corrected chi connectivity index (χ3v) is 10.5. The average Bonchev–Trinajstić information content (AvgIpc) is 3.16. The topological polar surface area (TPSA) is 95.9 Å². The van der Waals surface area contributed by atoms with Gasteiger partial charge in [-0.05, 0) is 57.8 Å². The Kier molecular flexibility index (Phi) is 41.7. The summed E-state index contributed by atoms with van der Waals surface area (Å²) in [6.45, 7) is 4.80. The number of nitrogens with one attached hydrogen (secondary N) is 1. The number of esters is 1. The van der Waals surface area contributed by atoms with Gasteiger partial charge < -0.3 is 20.3 Å². The molecule has 0 rings (SSSR count). The number of carbonyl (C=O) groups excluding carboxylic acids is 2. The van der Waals surface area contributed by atoms with E-state index in [9.17, 15) is 19.8 Å². The predicted octanol–water partition coefficient (Wildman–Crippen LogP) is 13.2. The minimum Gasteiger partial charge on any atom is -0.466 e. The largest absolute Gasteiger partial charge is 0.466 e. The molecule has 0 spiro atoms. The monoisotopic (exact) mass is 748 g/mol. The summed E-state index contributed by atoms with van der Waals surface area (Å²) >= 11 is 0. The van der Waals surface area contributed by atoms with Crippen molar-refractivity contribution in [3.63, 3.8) is 0 Å². The van der Waals surface area contributed by atoms with Gasteiger partial charge in [0.25, 0.3) is 0 Å². The average molecular weight is 748 g/mol. The van der Waals surface area contributed by atoms with Crippen LogP contribution in [0.15, 0.2) is 24.3 Å². The molecule has 6 heteroatoms. The molecule has 0 fully saturated rings. The van der Waals surface area contributed by atoms with E-state index in [1.54, 1.807) is 6.08 Å². The molecule has 0 aliphatic carbocycles. The Morgan fingerprint density at radius 1 is 0.509 bits per heavy atom. The summed E-state index contributed by atoms with van der Waals surface area (Å²) < 4.78 is 5.40. The Bertz CT molecular complexity index is 828. The number of allylic oxidation sites excluding steroid dienone is 3. The Morgan fingerprint density at radius 2 is 0.887 bits per heavy atom. The first-order chi connectivity index (χ1) is 26.0. The standard InChI is InChI=1S/C47H89NO5/c1-3-5-7-9-11-13-15-16-17-18-20-23-27-31-35-39-45(50)44(43-49)48-46(51)40-36-32-28-24-21-22-26-30-34-38-42-53-47(52)41-37-33-29-25-19-14-12-10-8-6-4-2/h22,26,35,39,44-45,49-50H,3-21,23-25,27-34,36-38,40-43H2,1-2H3,(H,48,51)/b26-22-,39-35+. The third-order valence-electron chi connectivity index (χ3n) is 10.5. The maximum absolute atomic E-state index is 12.4.